The molecule has 2 rings (SSSR count). The molecule has 0 bridgehead atoms. The Labute approximate surface area is 77.6 Å². The first-order valence-electron chi connectivity index (χ1n) is 4.54. The standard InChI is InChI=1S/C11H9NO/c1-8(13)9-4-5-11-10(7-9)3-2-6-12-11/h2-7H,1H3/i2D. The number of benzene rings is 1. The van der Waals surface area contributed by atoms with Gasteiger partial charge in [0.15, 0.2) is 5.78 Å². The van der Waals surface area contributed by atoms with Gasteiger partial charge in [0.25, 0.3) is 0 Å². The molecular formula is C11H9NO. The van der Waals surface area contributed by atoms with Gasteiger partial charge in [0.1, 0.15) is 0 Å². The summed E-state index contributed by atoms with van der Waals surface area (Å²) in [6, 6.07) is 7.38. The molecule has 0 aliphatic rings. The van der Waals surface area contributed by atoms with Crippen LogP contribution in [0.5, 0.6) is 0 Å². The van der Waals surface area contributed by atoms with Crippen LogP contribution in [0.2, 0.25) is 0 Å². The molecule has 1 heterocycles. The Bertz CT molecular complexity index is 508. The molecule has 2 heteroatoms. The Morgan fingerprint density at radius 3 is 3.08 bits per heavy atom. The lowest BCUT2D eigenvalue weighted by Gasteiger charge is -1.98. The molecule has 0 unspecified atom stereocenters. The SMILES string of the molecule is [2H]c1cnc2ccc(C(C)=O)cc2c1. The number of hydrogen-bond donors (Lipinski definition) is 0. The third kappa shape index (κ3) is 1.43. The number of carbonyl (C=O) groups excluding carboxylic acids is 1. The smallest absolute Gasteiger partial charge is 0.159 e. The number of hydrogen-bond acceptors (Lipinski definition) is 2. The monoisotopic (exact) mass is 172 g/mol. The third-order valence-corrected chi connectivity index (χ3v) is 1.95. The summed E-state index contributed by atoms with van der Waals surface area (Å²) in [5.74, 6) is 0.0299. The highest BCUT2D eigenvalue weighted by atomic mass is 16.1. The topological polar surface area (TPSA) is 30.0 Å². The molecule has 0 aliphatic carbocycles. The van der Waals surface area contributed by atoms with E-state index < -0.39 is 0 Å². The van der Waals surface area contributed by atoms with E-state index in [1.807, 2.05) is 0 Å². The van der Waals surface area contributed by atoms with Crippen molar-refractivity contribution in [3.05, 3.63) is 42.1 Å². The van der Waals surface area contributed by atoms with Crippen LogP contribution in [0, 0.1) is 0 Å². The molecule has 0 amide bonds. The van der Waals surface area contributed by atoms with Crippen molar-refractivity contribution in [2.45, 2.75) is 6.92 Å². The fraction of sp³-hybridized carbons (Fsp3) is 0.0909. The second-order valence-electron chi connectivity index (χ2n) is 2.90. The highest BCUT2D eigenvalue weighted by molar-refractivity contribution is 5.97. The van der Waals surface area contributed by atoms with Crippen molar-refractivity contribution in [3.8, 4) is 0 Å². The second kappa shape index (κ2) is 2.98. The van der Waals surface area contributed by atoms with E-state index in [9.17, 15) is 4.79 Å². The molecule has 64 valence electrons. The van der Waals surface area contributed by atoms with Crippen molar-refractivity contribution in [1.82, 2.24) is 4.98 Å². The molecule has 0 atom stereocenters. The quantitative estimate of drug-likeness (QED) is 0.618. The zero-order valence-corrected chi connectivity index (χ0v) is 7.24. The summed E-state index contributed by atoms with van der Waals surface area (Å²) in [7, 11) is 0. The number of fused-ring (bicyclic) bond motifs is 1. The van der Waals surface area contributed by atoms with Crippen molar-refractivity contribution in [2.75, 3.05) is 0 Å². The fourth-order valence-electron chi connectivity index (χ4n) is 1.24. The summed E-state index contributed by atoms with van der Waals surface area (Å²) in [5, 5.41) is 0.838. The van der Waals surface area contributed by atoms with Crippen LogP contribution in [-0.4, -0.2) is 10.8 Å². The normalized spacial score (nSPS) is 11.3. The van der Waals surface area contributed by atoms with Crippen LogP contribution < -0.4 is 0 Å². The van der Waals surface area contributed by atoms with Crippen molar-refractivity contribution in [1.29, 1.82) is 0 Å². The largest absolute Gasteiger partial charge is 0.295 e. The summed E-state index contributed by atoms with van der Waals surface area (Å²) in [6.07, 6.45) is 1.50. The van der Waals surface area contributed by atoms with Crippen LogP contribution in [0.15, 0.2) is 36.5 Å². The van der Waals surface area contributed by atoms with E-state index >= 15 is 0 Å². The van der Waals surface area contributed by atoms with Gasteiger partial charge in [-0.15, -0.1) is 0 Å². The van der Waals surface area contributed by atoms with E-state index in [0.29, 0.717) is 11.6 Å². The van der Waals surface area contributed by atoms with E-state index in [4.69, 9.17) is 1.37 Å². The number of Topliss-reactive ketones (excluding diaryl/α,β-unsaturated/α-hetero) is 1. The van der Waals surface area contributed by atoms with Gasteiger partial charge in [0.2, 0.25) is 0 Å². The maximum atomic E-state index is 11.1. The zero-order valence-electron chi connectivity index (χ0n) is 8.24. The Morgan fingerprint density at radius 1 is 1.46 bits per heavy atom. The van der Waals surface area contributed by atoms with Gasteiger partial charge in [-0.05, 0) is 31.2 Å². The predicted molar refractivity (Wildman–Crippen MR) is 51.7 cm³/mol. The average molecular weight is 172 g/mol. The lowest BCUT2D eigenvalue weighted by Crippen LogP contribution is -1.91. The highest BCUT2D eigenvalue weighted by Gasteiger charge is 1.99. The van der Waals surface area contributed by atoms with Crippen molar-refractivity contribution < 1.29 is 6.17 Å². The molecule has 0 saturated heterocycles. The van der Waals surface area contributed by atoms with Gasteiger partial charge in [-0.1, -0.05) is 6.07 Å². The molecule has 0 saturated carbocycles. The second-order valence-corrected chi connectivity index (χ2v) is 2.90. The zero-order chi connectivity index (χ0) is 10.1. The summed E-state index contributed by atoms with van der Waals surface area (Å²) < 4.78 is 7.41. The van der Waals surface area contributed by atoms with Crippen LogP contribution >= 0.6 is 0 Å². The molecule has 2 nitrogen and oxygen atoms in total. The van der Waals surface area contributed by atoms with Gasteiger partial charge in [-0.2, -0.15) is 0 Å². The van der Waals surface area contributed by atoms with E-state index in [-0.39, 0.29) is 5.78 Å². The number of carbonyl (C=O) groups is 1. The summed E-state index contributed by atoms with van der Waals surface area (Å²) in [4.78, 5) is 15.2. The van der Waals surface area contributed by atoms with E-state index in [1.165, 1.54) is 13.1 Å². The summed E-state index contributed by atoms with van der Waals surface area (Å²) >= 11 is 0. The van der Waals surface area contributed by atoms with E-state index in [1.54, 1.807) is 24.3 Å². The first-order valence-corrected chi connectivity index (χ1v) is 4.04. The lowest BCUT2D eigenvalue weighted by molar-refractivity contribution is 0.101. The van der Waals surface area contributed by atoms with Crippen LogP contribution in [-0.2, 0) is 0 Å². The number of aromatic nitrogens is 1. The van der Waals surface area contributed by atoms with Crippen molar-refractivity contribution in [2.24, 2.45) is 0 Å². The molecule has 13 heavy (non-hydrogen) atoms. The Hall–Kier alpha value is -1.70. The molecular weight excluding hydrogens is 162 g/mol. The summed E-state index contributed by atoms with van der Waals surface area (Å²) in [5.41, 5.74) is 1.47. The average Bonchev–Trinajstić information content (AvgIpc) is 2.16. The number of pyridine rings is 1. The van der Waals surface area contributed by atoms with Crippen LogP contribution in [0.1, 0.15) is 18.7 Å². The van der Waals surface area contributed by atoms with Crippen LogP contribution in [0.25, 0.3) is 10.9 Å². The fourth-order valence-corrected chi connectivity index (χ4v) is 1.24. The van der Waals surface area contributed by atoms with Gasteiger partial charge in [0.05, 0.1) is 6.89 Å². The molecule has 2 aromatic rings. The molecule has 1 aromatic heterocycles. The van der Waals surface area contributed by atoms with Crippen LogP contribution in [0.3, 0.4) is 0 Å². The number of nitrogens with zero attached hydrogens (tertiary/aromatic N) is 1. The first kappa shape index (κ1) is 6.78. The highest BCUT2D eigenvalue weighted by Crippen LogP contribution is 2.13. The molecule has 0 aliphatic heterocycles. The van der Waals surface area contributed by atoms with Gasteiger partial charge >= 0.3 is 0 Å². The summed E-state index contributed by atoms with van der Waals surface area (Å²) in [6.45, 7) is 1.53. The molecule has 0 fully saturated rings. The molecule has 0 spiro atoms. The predicted octanol–water partition coefficient (Wildman–Crippen LogP) is 2.44. The lowest BCUT2D eigenvalue weighted by atomic mass is 10.1. The maximum absolute atomic E-state index is 11.1. The Kier molecular flexibility index (Phi) is 1.55. The Morgan fingerprint density at radius 2 is 2.31 bits per heavy atom. The van der Waals surface area contributed by atoms with Gasteiger partial charge in [-0.3, -0.25) is 9.78 Å². The first-order chi connectivity index (χ1) is 6.66. The van der Waals surface area contributed by atoms with Crippen molar-refractivity contribution in [3.63, 3.8) is 0 Å². The molecule has 0 N–H and O–H groups in total. The molecule has 0 radical (unpaired) electrons. The number of ketones is 1. The van der Waals surface area contributed by atoms with Gasteiger partial charge in [-0.25, -0.2) is 0 Å². The van der Waals surface area contributed by atoms with Gasteiger partial charge < -0.3 is 0 Å². The minimum Gasteiger partial charge on any atom is -0.295 e. The molecule has 1 aromatic carbocycles. The Balaban J connectivity index is 2.69. The van der Waals surface area contributed by atoms with E-state index in [2.05, 4.69) is 4.98 Å². The maximum Gasteiger partial charge on any atom is 0.159 e. The van der Waals surface area contributed by atoms with Gasteiger partial charge in [0, 0.05) is 17.1 Å². The minimum absolute atomic E-state index is 0.0299. The number of rotatable bonds is 1. The van der Waals surface area contributed by atoms with E-state index in [0.717, 1.165) is 10.9 Å². The van der Waals surface area contributed by atoms with Crippen LogP contribution in [0.4, 0.5) is 0 Å². The minimum atomic E-state index is 0.0299. The van der Waals surface area contributed by atoms with Crippen molar-refractivity contribution >= 4 is 16.7 Å². The third-order valence-electron chi connectivity index (χ3n) is 1.95.